The lowest BCUT2D eigenvalue weighted by Gasteiger charge is -1.95. The molecule has 0 radical (unpaired) electrons. The summed E-state index contributed by atoms with van der Waals surface area (Å²) in [5.74, 6) is 1.04. The average molecular weight is 406 g/mol. The van der Waals surface area contributed by atoms with Crippen LogP contribution in [0.5, 0.6) is 0 Å². The van der Waals surface area contributed by atoms with Crippen LogP contribution in [0.4, 0.5) is 0 Å². The molecule has 2 aromatic carbocycles. The molecule has 0 fully saturated rings. The van der Waals surface area contributed by atoms with Crippen molar-refractivity contribution in [3.05, 3.63) is 74.5 Å². The molecule has 0 atom stereocenters. The number of nitrogens with zero attached hydrogens (tertiary/aromatic N) is 3. The van der Waals surface area contributed by atoms with E-state index in [0.717, 1.165) is 22.1 Å². The van der Waals surface area contributed by atoms with Gasteiger partial charge in [-0.25, -0.2) is 0 Å². The van der Waals surface area contributed by atoms with Crippen LogP contribution < -0.4 is 10.1 Å². The van der Waals surface area contributed by atoms with E-state index in [1.807, 2.05) is 67.8 Å². The average Bonchev–Trinajstić information content (AvgIpc) is 3.36. The van der Waals surface area contributed by atoms with E-state index in [-0.39, 0.29) is 5.56 Å². The molecule has 5 aromatic rings. The van der Waals surface area contributed by atoms with Gasteiger partial charge in [-0.3, -0.25) is 4.79 Å². The normalized spacial score (nSPS) is 12.4. The first-order valence-corrected chi connectivity index (χ1v) is 10.7. The van der Waals surface area contributed by atoms with Crippen molar-refractivity contribution in [2.45, 2.75) is 11.8 Å². The van der Waals surface area contributed by atoms with Gasteiger partial charge >= 0.3 is 0 Å². The molecule has 3 heterocycles. The Morgan fingerprint density at radius 2 is 1.93 bits per heavy atom. The van der Waals surface area contributed by atoms with E-state index < -0.39 is 0 Å². The molecule has 28 heavy (non-hydrogen) atoms. The highest BCUT2D eigenvalue weighted by Gasteiger charge is 2.18. The van der Waals surface area contributed by atoms with Crippen LogP contribution in [0.25, 0.3) is 33.6 Å². The van der Waals surface area contributed by atoms with Gasteiger partial charge in [-0.05, 0) is 43.0 Å². The monoisotopic (exact) mass is 405 g/mol. The van der Waals surface area contributed by atoms with Crippen molar-refractivity contribution in [1.82, 2.24) is 14.6 Å². The minimum atomic E-state index is -0.165. The standard InChI is InChI=1S/C21H15N3O2S2/c1-12-15-5-3-4-6-16(15)26-18(12)19-22-21-24(23-19)20(25)17(28-21)11-13-7-9-14(27-2)10-8-13/h3-11H,1-2H3/b17-11-. The van der Waals surface area contributed by atoms with Crippen LogP contribution in [0.15, 0.2) is 62.6 Å². The molecular formula is C21H15N3O2S2. The number of hydrogen-bond donors (Lipinski definition) is 0. The van der Waals surface area contributed by atoms with E-state index in [9.17, 15) is 4.79 Å². The maximum atomic E-state index is 12.8. The van der Waals surface area contributed by atoms with Crippen LogP contribution in [-0.4, -0.2) is 20.9 Å². The Morgan fingerprint density at radius 3 is 2.64 bits per heavy atom. The highest BCUT2D eigenvalue weighted by atomic mass is 32.2. The highest BCUT2D eigenvalue weighted by Crippen LogP contribution is 2.31. The predicted octanol–water partition coefficient (Wildman–Crippen LogP) is 4.14. The van der Waals surface area contributed by atoms with Gasteiger partial charge in [-0.15, -0.1) is 16.9 Å². The summed E-state index contributed by atoms with van der Waals surface area (Å²) in [6, 6.07) is 15.9. The Balaban J connectivity index is 1.60. The lowest BCUT2D eigenvalue weighted by Crippen LogP contribution is -2.23. The number of aryl methyl sites for hydroxylation is 1. The molecule has 0 amide bonds. The van der Waals surface area contributed by atoms with Crippen molar-refractivity contribution in [3.8, 4) is 11.6 Å². The van der Waals surface area contributed by atoms with Gasteiger partial charge in [0.25, 0.3) is 5.56 Å². The van der Waals surface area contributed by atoms with Gasteiger partial charge < -0.3 is 4.42 Å². The van der Waals surface area contributed by atoms with Crippen LogP contribution in [-0.2, 0) is 0 Å². The van der Waals surface area contributed by atoms with Crippen LogP contribution >= 0.6 is 23.1 Å². The Kier molecular flexibility index (Phi) is 4.07. The molecule has 0 bridgehead atoms. The molecule has 138 valence electrons. The third kappa shape index (κ3) is 2.75. The summed E-state index contributed by atoms with van der Waals surface area (Å²) in [4.78, 5) is 19.1. The minimum absolute atomic E-state index is 0.165. The van der Waals surface area contributed by atoms with E-state index in [1.165, 1.54) is 20.7 Å². The molecule has 0 spiro atoms. The number of thioether (sulfide) groups is 1. The zero-order valence-electron chi connectivity index (χ0n) is 15.2. The third-order valence-electron chi connectivity index (χ3n) is 4.64. The second kappa shape index (κ2) is 6.61. The fourth-order valence-corrected chi connectivity index (χ4v) is 4.49. The summed E-state index contributed by atoms with van der Waals surface area (Å²) in [6.07, 6.45) is 3.91. The maximum absolute atomic E-state index is 12.8. The Morgan fingerprint density at radius 1 is 1.14 bits per heavy atom. The first-order valence-electron chi connectivity index (χ1n) is 8.68. The number of thiazole rings is 1. The molecule has 7 heteroatoms. The van der Waals surface area contributed by atoms with Gasteiger partial charge in [-0.2, -0.15) is 9.50 Å². The van der Waals surface area contributed by atoms with Gasteiger partial charge in [0.2, 0.25) is 10.8 Å². The number of hydrogen-bond acceptors (Lipinski definition) is 6. The summed E-state index contributed by atoms with van der Waals surface area (Å²) in [7, 11) is 0. The van der Waals surface area contributed by atoms with Gasteiger partial charge in [0.05, 0.1) is 4.53 Å². The van der Waals surface area contributed by atoms with E-state index in [4.69, 9.17) is 4.42 Å². The second-order valence-corrected chi connectivity index (χ2v) is 8.26. The zero-order chi connectivity index (χ0) is 19.3. The van der Waals surface area contributed by atoms with Gasteiger partial charge in [0, 0.05) is 15.8 Å². The number of para-hydroxylation sites is 1. The SMILES string of the molecule is CSc1ccc(/C=c2\sc3nc(-c4oc5ccccc5c4C)nn3c2=O)cc1. The van der Waals surface area contributed by atoms with Crippen molar-refractivity contribution < 1.29 is 4.42 Å². The van der Waals surface area contributed by atoms with E-state index in [1.54, 1.807) is 11.8 Å². The van der Waals surface area contributed by atoms with Crippen LogP contribution in [0.3, 0.4) is 0 Å². The number of rotatable bonds is 3. The number of furan rings is 1. The summed E-state index contributed by atoms with van der Waals surface area (Å²) in [5.41, 5.74) is 2.58. The first kappa shape index (κ1) is 17.2. The first-order chi connectivity index (χ1) is 13.6. The Hall–Kier alpha value is -2.90. The molecule has 0 N–H and O–H groups in total. The van der Waals surface area contributed by atoms with E-state index >= 15 is 0 Å². The van der Waals surface area contributed by atoms with Crippen LogP contribution in [0.2, 0.25) is 0 Å². The van der Waals surface area contributed by atoms with Crippen molar-refractivity contribution in [2.75, 3.05) is 6.26 Å². The zero-order valence-corrected chi connectivity index (χ0v) is 16.8. The highest BCUT2D eigenvalue weighted by molar-refractivity contribution is 7.98. The smallest absolute Gasteiger partial charge is 0.291 e. The molecule has 5 nitrogen and oxygen atoms in total. The van der Waals surface area contributed by atoms with Gasteiger partial charge in [0.15, 0.2) is 5.76 Å². The predicted molar refractivity (Wildman–Crippen MR) is 114 cm³/mol. The van der Waals surface area contributed by atoms with Gasteiger partial charge in [-0.1, -0.05) is 41.7 Å². The number of benzene rings is 2. The summed E-state index contributed by atoms with van der Waals surface area (Å²) in [5, 5.41) is 5.44. The van der Waals surface area contributed by atoms with Crippen molar-refractivity contribution >= 4 is 45.1 Å². The topological polar surface area (TPSA) is 60.4 Å². The molecule has 0 aliphatic carbocycles. The second-order valence-electron chi connectivity index (χ2n) is 6.37. The Labute approximate surface area is 168 Å². The largest absolute Gasteiger partial charge is 0.452 e. The summed E-state index contributed by atoms with van der Waals surface area (Å²) >= 11 is 3.02. The van der Waals surface area contributed by atoms with E-state index in [0.29, 0.717) is 21.1 Å². The molecule has 3 aromatic heterocycles. The third-order valence-corrected chi connectivity index (χ3v) is 6.34. The minimum Gasteiger partial charge on any atom is -0.452 e. The molecule has 0 aliphatic heterocycles. The fourth-order valence-electron chi connectivity index (χ4n) is 3.17. The molecule has 0 saturated heterocycles. The lowest BCUT2D eigenvalue weighted by molar-refractivity contribution is 0.622. The number of aromatic nitrogens is 3. The lowest BCUT2D eigenvalue weighted by atomic mass is 10.1. The maximum Gasteiger partial charge on any atom is 0.291 e. The number of fused-ring (bicyclic) bond motifs is 2. The Bertz CT molecular complexity index is 1430. The molecule has 0 aliphatic rings. The van der Waals surface area contributed by atoms with E-state index in [2.05, 4.69) is 10.1 Å². The van der Waals surface area contributed by atoms with Gasteiger partial charge in [0.1, 0.15) is 5.58 Å². The summed E-state index contributed by atoms with van der Waals surface area (Å²) < 4.78 is 7.89. The quantitative estimate of drug-likeness (QED) is 0.422. The van der Waals surface area contributed by atoms with Crippen molar-refractivity contribution in [1.29, 1.82) is 0 Å². The van der Waals surface area contributed by atoms with Crippen LogP contribution in [0.1, 0.15) is 11.1 Å². The van der Waals surface area contributed by atoms with Crippen LogP contribution in [0, 0.1) is 6.92 Å². The fraction of sp³-hybridized carbons (Fsp3) is 0.0952. The van der Waals surface area contributed by atoms with Crippen molar-refractivity contribution in [2.24, 2.45) is 0 Å². The molecule has 0 saturated carbocycles. The van der Waals surface area contributed by atoms with Crippen molar-refractivity contribution in [3.63, 3.8) is 0 Å². The summed E-state index contributed by atoms with van der Waals surface area (Å²) in [6.45, 7) is 1.98. The molecular weight excluding hydrogens is 390 g/mol. The molecule has 5 rings (SSSR count). The molecule has 0 unspecified atom stereocenters.